The van der Waals surface area contributed by atoms with Gasteiger partial charge in [-0.1, -0.05) is 6.92 Å². The van der Waals surface area contributed by atoms with Crippen LogP contribution in [0.2, 0.25) is 0 Å². The minimum atomic E-state index is 0.672. The van der Waals surface area contributed by atoms with Gasteiger partial charge >= 0.3 is 0 Å². The van der Waals surface area contributed by atoms with Crippen LogP contribution in [0.15, 0.2) is 12.5 Å². The van der Waals surface area contributed by atoms with E-state index in [1.165, 1.54) is 51.0 Å². The van der Waals surface area contributed by atoms with Crippen molar-refractivity contribution in [2.45, 2.75) is 44.6 Å². The summed E-state index contributed by atoms with van der Waals surface area (Å²) >= 11 is 0. The van der Waals surface area contributed by atoms with Gasteiger partial charge in [0.1, 0.15) is 0 Å². The molecule has 19 heavy (non-hydrogen) atoms. The predicted molar refractivity (Wildman–Crippen MR) is 77.5 cm³/mol. The zero-order valence-electron chi connectivity index (χ0n) is 12.0. The van der Waals surface area contributed by atoms with Gasteiger partial charge in [-0.3, -0.25) is 0 Å². The van der Waals surface area contributed by atoms with E-state index in [0.717, 1.165) is 13.1 Å². The first-order valence-electron chi connectivity index (χ1n) is 7.83. The Bertz CT molecular complexity index is 387. The zero-order chi connectivity index (χ0) is 13.1. The molecule has 0 aliphatic carbocycles. The van der Waals surface area contributed by atoms with Gasteiger partial charge in [0.25, 0.3) is 0 Å². The van der Waals surface area contributed by atoms with Gasteiger partial charge in [0.05, 0.1) is 6.33 Å². The highest BCUT2D eigenvalue weighted by Crippen LogP contribution is 2.29. The molecule has 106 valence electrons. The van der Waals surface area contributed by atoms with E-state index in [0.29, 0.717) is 12.0 Å². The van der Waals surface area contributed by atoms with E-state index < -0.39 is 0 Å². The van der Waals surface area contributed by atoms with Gasteiger partial charge < -0.3 is 14.8 Å². The van der Waals surface area contributed by atoms with Crippen LogP contribution in [0.1, 0.15) is 50.3 Å². The Morgan fingerprint density at radius 2 is 2.16 bits per heavy atom. The van der Waals surface area contributed by atoms with E-state index >= 15 is 0 Å². The minimum Gasteiger partial charge on any atom is -0.331 e. The van der Waals surface area contributed by atoms with Crippen molar-refractivity contribution in [3.8, 4) is 0 Å². The number of imidazole rings is 1. The van der Waals surface area contributed by atoms with E-state index in [2.05, 4.69) is 39.2 Å². The van der Waals surface area contributed by atoms with E-state index in [9.17, 15) is 0 Å². The summed E-state index contributed by atoms with van der Waals surface area (Å²) in [7, 11) is 0. The van der Waals surface area contributed by atoms with E-state index in [-0.39, 0.29) is 0 Å². The largest absolute Gasteiger partial charge is 0.331 e. The molecule has 0 aromatic carbocycles. The first kappa shape index (κ1) is 13.1. The lowest BCUT2D eigenvalue weighted by Gasteiger charge is -2.33. The Kier molecular flexibility index (Phi) is 4.18. The van der Waals surface area contributed by atoms with Crippen LogP contribution < -0.4 is 5.32 Å². The van der Waals surface area contributed by atoms with Crippen molar-refractivity contribution < 1.29 is 0 Å². The van der Waals surface area contributed by atoms with Gasteiger partial charge in [0.2, 0.25) is 0 Å². The number of rotatable bonds is 4. The van der Waals surface area contributed by atoms with Crippen molar-refractivity contribution in [1.82, 2.24) is 19.8 Å². The number of hydrogen-bond acceptors (Lipinski definition) is 3. The lowest BCUT2D eigenvalue weighted by atomic mass is 10.0. The molecule has 1 aromatic heterocycles. The maximum atomic E-state index is 4.42. The Morgan fingerprint density at radius 3 is 2.84 bits per heavy atom. The summed E-state index contributed by atoms with van der Waals surface area (Å²) in [6.45, 7) is 8.31. The molecule has 3 heterocycles. The number of nitrogens with one attached hydrogen (secondary N) is 1. The molecule has 1 N–H and O–H groups in total. The summed E-state index contributed by atoms with van der Waals surface area (Å²) in [5.41, 5.74) is 1.46. The van der Waals surface area contributed by atoms with Crippen molar-refractivity contribution in [1.29, 1.82) is 0 Å². The molecule has 0 bridgehead atoms. The fourth-order valence-electron chi connectivity index (χ4n) is 3.58. The smallest absolute Gasteiger partial charge is 0.0950 e. The molecule has 4 nitrogen and oxygen atoms in total. The normalized spacial score (nSPS) is 26.1. The minimum absolute atomic E-state index is 0.672. The third-order valence-corrected chi connectivity index (χ3v) is 4.66. The van der Waals surface area contributed by atoms with Crippen LogP contribution in [0.5, 0.6) is 0 Å². The molecule has 1 unspecified atom stereocenters. The van der Waals surface area contributed by atoms with Crippen molar-refractivity contribution >= 4 is 0 Å². The van der Waals surface area contributed by atoms with Crippen molar-refractivity contribution in [2.75, 3.05) is 32.7 Å². The summed E-state index contributed by atoms with van der Waals surface area (Å²) in [6.07, 6.45) is 9.26. The van der Waals surface area contributed by atoms with Gasteiger partial charge in [-0.05, 0) is 38.8 Å². The second-order valence-electron chi connectivity index (χ2n) is 5.99. The Balaban J connectivity index is 1.65. The molecule has 2 aliphatic heterocycles. The first-order valence-corrected chi connectivity index (χ1v) is 7.83. The molecule has 2 aliphatic rings. The number of aromatic nitrogens is 2. The quantitative estimate of drug-likeness (QED) is 0.901. The predicted octanol–water partition coefficient (Wildman–Crippen LogP) is 2.01. The van der Waals surface area contributed by atoms with Crippen molar-refractivity contribution in [3.63, 3.8) is 0 Å². The molecular formula is C15H26N4. The summed E-state index contributed by atoms with van der Waals surface area (Å²) in [5, 5.41) is 3.47. The monoisotopic (exact) mass is 262 g/mol. The number of nitrogens with zero attached hydrogens (tertiary/aromatic N) is 3. The molecular weight excluding hydrogens is 236 g/mol. The topological polar surface area (TPSA) is 33.1 Å². The lowest BCUT2D eigenvalue weighted by molar-refractivity contribution is 0.184. The van der Waals surface area contributed by atoms with Gasteiger partial charge in [-0.15, -0.1) is 0 Å². The van der Waals surface area contributed by atoms with Crippen molar-refractivity contribution in [3.05, 3.63) is 18.2 Å². The third kappa shape index (κ3) is 2.84. The summed E-state index contributed by atoms with van der Waals surface area (Å²) < 4.78 is 2.47. The van der Waals surface area contributed by atoms with Gasteiger partial charge in [-0.2, -0.15) is 0 Å². The first-order chi connectivity index (χ1) is 9.38. The number of hydrogen-bond donors (Lipinski definition) is 1. The summed E-state index contributed by atoms with van der Waals surface area (Å²) in [5.74, 6) is 0.677. The molecule has 0 spiro atoms. The number of piperidine rings is 1. The third-order valence-electron chi connectivity index (χ3n) is 4.66. The Labute approximate surface area is 116 Å². The average Bonchev–Trinajstić information content (AvgIpc) is 3.11. The van der Waals surface area contributed by atoms with Gasteiger partial charge in [-0.25, -0.2) is 4.98 Å². The average molecular weight is 262 g/mol. The van der Waals surface area contributed by atoms with E-state index in [4.69, 9.17) is 0 Å². The molecule has 3 rings (SSSR count). The molecule has 4 heteroatoms. The summed E-state index contributed by atoms with van der Waals surface area (Å²) in [6, 6.07) is 0.672. The molecule has 2 fully saturated rings. The van der Waals surface area contributed by atoms with E-state index in [1.807, 2.05) is 0 Å². The highest BCUT2D eigenvalue weighted by molar-refractivity contribution is 5.11. The molecule has 1 aromatic rings. The van der Waals surface area contributed by atoms with E-state index in [1.54, 1.807) is 0 Å². The molecule has 0 saturated carbocycles. The molecule has 0 amide bonds. The van der Waals surface area contributed by atoms with Crippen LogP contribution in [0.4, 0.5) is 0 Å². The second-order valence-corrected chi connectivity index (χ2v) is 5.99. The second kappa shape index (κ2) is 6.06. The van der Waals surface area contributed by atoms with Crippen molar-refractivity contribution in [2.24, 2.45) is 0 Å². The van der Waals surface area contributed by atoms with Crippen LogP contribution in [0, 0.1) is 0 Å². The highest BCUT2D eigenvalue weighted by Gasteiger charge is 2.25. The van der Waals surface area contributed by atoms with Crippen LogP contribution in [-0.2, 0) is 0 Å². The van der Waals surface area contributed by atoms with Gasteiger partial charge in [0, 0.05) is 43.5 Å². The standard InChI is InChI=1S/C15H26N4/c1-2-7-18-8-4-14(5-9-18)19-12-17-11-15(19)13-3-6-16-10-13/h11-14,16H,2-10H2,1H3. The maximum Gasteiger partial charge on any atom is 0.0950 e. The Morgan fingerprint density at radius 1 is 1.32 bits per heavy atom. The van der Waals surface area contributed by atoms with Gasteiger partial charge in [0.15, 0.2) is 0 Å². The maximum absolute atomic E-state index is 4.42. The fraction of sp³-hybridized carbons (Fsp3) is 0.800. The molecule has 1 atom stereocenters. The molecule has 2 saturated heterocycles. The van der Waals surface area contributed by atoms with Crippen LogP contribution >= 0.6 is 0 Å². The van der Waals surface area contributed by atoms with Crippen LogP contribution in [0.3, 0.4) is 0 Å². The highest BCUT2D eigenvalue weighted by atomic mass is 15.2. The summed E-state index contributed by atoms with van der Waals surface area (Å²) in [4.78, 5) is 7.02. The lowest BCUT2D eigenvalue weighted by Crippen LogP contribution is -2.35. The zero-order valence-corrected chi connectivity index (χ0v) is 12.0. The number of likely N-dealkylation sites (tertiary alicyclic amines) is 1. The fourth-order valence-corrected chi connectivity index (χ4v) is 3.58. The Hall–Kier alpha value is -0.870. The van der Waals surface area contributed by atoms with Crippen LogP contribution in [0.25, 0.3) is 0 Å². The molecule has 0 radical (unpaired) electrons. The SMILES string of the molecule is CCCN1CCC(n2cncc2C2CCNC2)CC1. The van der Waals surface area contributed by atoms with Crippen LogP contribution in [-0.4, -0.2) is 47.2 Å².